The van der Waals surface area contributed by atoms with Crippen LogP contribution in [0, 0.1) is 0 Å². The molecule has 0 radical (unpaired) electrons. The minimum atomic E-state index is -4.51. The normalized spacial score (nSPS) is 11.7. The van der Waals surface area contributed by atoms with Crippen molar-refractivity contribution in [3.05, 3.63) is 83.9 Å². The fraction of sp³-hybridized carbons (Fsp3) is 0.0500. The highest BCUT2D eigenvalue weighted by atomic mass is 19.4. The number of nitrogens with zero attached hydrogens (tertiary/aromatic N) is 2. The van der Waals surface area contributed by atoms with Gasteiger partial charge in [0.25, 0.3) is 0 Å². The number of pyridine rings is 2. The van der Waals surface area contributed by atoms with Crippen LogP contribution in [0.2, 0.25) is 0 Å². The average Bonchev–Trinajstić information content (AvgIpc) is 3.10. The van der Waals surface area contributed by atoms with E-state index in [1.54, 1.807) is 30.7 Å². The van der Waals surface area contributed by atoms with E-state index in [4.69, 9.17) is 0 Å². The number of benzene rings is 1. The van der Waals surface area contributed by atoms with Crippen LogP contribution in [-0.4, -0.2) is 20.7 Å². The Morgan fingerprint density at radius 2 is 1.85 bits per heavy atom. The Bertz CT molecular complexity index is 1130. The summed E-state index contributed by atoms with van der Waals surface area (Å²) < 4.78 is 38.8. The molecule has 1 N–H and O–H groups in total. The maximum atomic E-state index is 12.9. The molecule has 0 aliphatic rings. The van der Waals surface area contributed by atoms with Crippen molar-refractivity contribution in [1.82, 2.24) is 15.0 Å². The fourth-order valence-electron chi connectivity index (χ4n) is 2.87. The number of fused-ring (bicyclic) bond motifs is 1. The van der Waals surface area contributed by atoms with Gasteiger partial charge in [-0.2, -0.15) is 13.2 Å². The molecule has 0 atom stereocenters. The highest BCUT2D eigenvalue weighted by molar-refractivity contribution is 6.16. The van der Waals surface area contributed by atoms with Crippen molar-refractivity contribution in [2.75, 3.05) is 0 Å². The summed E-state index contributed by atoms with van der Waals surface area (Å²) in [5.74, 6) is -0.502. The lowest BCUT2D eigenvalue weighted by atomic mass is 10.00. The lowest BCUT2D eigenvalue weighted by molar-refractivity contribution is -0.137. The van der Waals surface area contributed by atoms with Gasteiger partial charge in [-0.3, -0.25) is 9.78 Å². The van der Waals surface area contributed by atoms with Gasteiger partial charge in [0.15, 0.2) is 5.78 Å². The Kier molecular flexibility index (Phi) is 3.99. The van der Waals surface area contributed by atoms with Gasteiger partial charge in [-0.1, -0.05) is 18.2 Å². The third-order valence-electron chi connectivity index (χ3n) is 4.22. The van der Waals surface area contributed by atoms with Crippen LogP contribution in [0.5, 0.6) is 0 Å². The van der Waals surface area contributed by atoms with Crippen molar-refractivity contribution in [3.8, 4) is 11.1 Å². The van der Waals surface area contributed by atoms with Gasteiger partial charge >= 0.3 is 6.18 Å². The van der Waals surface area contributed by atoms with Crippen LogP contribution in [0.3, 0.4) is 0 Å². The second-order valence-electron chi connectivity index (χ2n) is 5.97. The number of aromatic nitrogens is 3. The number of H-pyrrole nitrogens is 1. The summed E-state index contributed by atoms with van der Waals surface area (Å²) in [5, 5.41) is 0.541. The smallest absolute Gasteiger partial charge is 0.345 e. The van der Waals surface area contributed by atoms with E-state index >= 15 is 0 Å². The molecule has 0 aliphatic heterocycles. The fourth-order valence-corrected chi connectivity index (χ4v) is 2.87. The highest BCUT2D eigenvalue weighted by Crippen LogP contribution is 2.31. The SMILES string of the molecule is O=C(c1cccc(C(F)(F)F)c1)c1c[nH]c2ncc(-c3cccnc3)cc12. The van der Waals surface area contributed by atoms with E-state index in [2.05, 4.69) is 15.0 Å². The molecule has 134 valence electrons. The molecule has 27 heavy (non-hydrogen) atoms. The van der Waals surface area contributed by atoms with E-state index in [0.717, 1.165) is 23.3 Å². The van der Waals surface area contributed by atoms with E-state index in [1.165, 1.54) is 18.3 Å². The van der Waals surface area contributed by atoms with Crippen molar-refractivity contribution in [2.45, 2.75) is 6.18 Å². The Balaban J connectivity index is 1.79. The van der Waals surface area contributed by atoms with Crippen molar-refractivity contribution in [3.63, 3.8) is 0 Å². The zero-order valence-electron chi connectivity index (χ0n) is 13.8. The molecule has 0 fully saturated rings. The third-order valence-corrected chi connectivity index (χ3v) is 4.22. The molecule has 0 unspecified atom stereocenters. The molecule has 7 heteroatoms. The van der Waals surface area contributed by atoms with Crippen LogP contribution < -0.4 is 0 Å². The number of ketones is 1. The first-order valence-electron chi connectivity index (χ1n) is 8.03. The predicted molar refractivity (Wildman–Crippen MR) is 94.2 cm³/mol. The first kappa shape index (κ1) is 17.0. The zero-order valence-corrected chi connectivity index (χ0v) is 13.8. The molecule has 4 nitrogen and oxygen atoms in total. The van der Waals surface area contributed by atoms with Gasteiger partial charge in [0.2, 0.25) is 0 Å². The van der Waals surface area contributed by atoms with E-state index in [-0.39, 0.29) is 11.1 Å². The molecule has 0 bridgehead atoms. The Morgan fingerprint density at radius 3 is 2.59 bits per heavy atom. The summed E-state index contributed by atoms with van der Waals surface area (Å²) in [7, 11) is 0. The van der Waals surface area contributed by atoms with Gasteiger partial charge in [-0.25, -0.2) is 4.98 Å². The quantitative estimate of drug-likeness (QED) is 0.525. The minimum absolute atomic E-state index is 0.0301. The average molecular weight is 367 g/mol. The molecule has 3 aromatic heterocycles. The Hall–Kier alpha value is -3.48. The number of hydrogen-bond donors (Lipinski definition) is 1. The van der Waals surface area contributed by atoms with Crippen LogP contribution >= 0.6 is 0 Å². The number of carbonyl (C=O) groups excluding carboxylic acids is 1. The summed E-state index contributed by atoms with van der Waals surface area (Å²) in [6, 6.07) is 9.81. The third kappa shape index (κ3) is 3.19. The van der Waals surface area contributed by atoms with Crippen LogP contribution in [0.1, 0.15) is 21.5 Å². The van der Waals surface area contributed by atoms with Crippen molar-refractivity contribution < 1.29 is 18.0 Å². The molecule has 0 aliphatic carbocycles. The molecule has 4 aromatic rings. The molecule has 0 amide bonds. The van der Waals surface area contributed by atoms with Gasteiger partial charge in [-0.05, 0) is 24.3 Å². The minimum Gasteiger partial charge on any atom is -0.345 e. The van der Waals surface area contributed by atoms with Gasteiger partial charge < -0.3 is 4.98 Å². The molecule has 0 saturated heterocycles. The summed E-state index contributed by atoms with van der Waals surface area (Å²) in [5.41, 5.74) is 1.44. The summed E-state index contributed by atoms with van der Waals surface area (Å²) in [4.78, 5) is 24.1. The number of rotatable bonds is 3. The largest absolute Gasteiger partial charge is 0.416 e. The van der Waals surface area contributed by atoms with E-state index in [9.17, 15) is 18.0 Å². The zero-order chi connectivity index (χ0) is 19.0. The monoisotopic (exact) mass is 367 g/mol. The van der Waals surface area contributed by atoms with Gasteiger partial charge in [-0.15, -0.1) is 0 Å². The highest BCUT2D eigenvalue weighted by Gasteiger charge is 2.31. The van der Waals surface area contributed by atoms with E-state index in [1.807, 2.05) is 6.07 Å². The Labute approximate surface area is 151 Å². The number of hydrogen-bond acceptors (Lipinski definition) is 3. The van der Waals surface area contributed by atoms with Gasteiger partial charge in [0.1, 0.15) is 5.65 Å². The van der Waals surface area contributed by atoms with Gasteiger partial charge in [0.05, 0.1) is 5.56 Å². The van der Waals surface area contributed by atoms with Crippen LogP contribution in [0.4, 0.5) is 13.2 Å². The summed E-state index contributed by atoms with van der Waals surface area (Å²) in [6.07, 6.45) is 1.92. The molecular weight excluding hydrogens is 355 g/mol. The Morgan fingerprint density at radius 1 is 1.00 bits per heavy atom. The number of alkyl halides is 3. The maximum Gasteiger partial charge on any atom is 0.416 e. The molecule has 0 spiro atoms. The van der Waals surface area contributed by atoms with Crippen molar-refractivity contribution >= 4 is 16.8 Å². The number of halogens is 3. The molecule has 3 heterocycles. The summed E-state index contributed by atoms with van der Waals surface area (Å²) in [6.45, 7) is 0. The van der Waals surface area contributed by atoms with E-state index in [0.29, 0.717) is 11.0 Å². The van der Waals surface area contributed by atoms with Gasteiger partial charge in [0, 0.05) is 52.4 Å². The van der Waals surface area contributed by atoms with E-state index < -0.39 is 17.5 Å². The first-order chi connectivity index (χ1) is 12.9. The van der Waals surface area contributed by atoms with Crippen LogP contribution in [0.25, 0.3) is 22.2 Å². The second kappa shape index (κ2) is 6.35. The lowest BCUT2D eigenvalue weighted by Gasteiger charge is -2.08. The lowest BCUT2D eigenvalue weighted by Crippen LogP contribution is -2.08. The van der Waals surface area contributed by atoms with Crippen molar-refractivity contribution in [1.29, 1.82) is 0 Å². The molecule has 1 aromatic carbocycles. The maximum absolute atomic E-state index is 12.9. The topological polar surface area (TPSA) is 58.6 Å². The first-order valence-corrected chi connectivity index (χ1v) is 8.03. The number of carbonyl (C=O) groups is 1. The summed E-state index contributed by atoms with van der Waals surface area (Å²) >= 11 is 0. The number of aromatic amines is 1. The molecule has 4 rings (SSSR count). The van der Waals surface area contributed by atoms with Crippen LogP contribution in [-0.2, 0) is 6.18 Å². The predicted octanol–water partition coefficient (Wildman–Crippen LogP) is 4.87. The van der Waals surface area contributed by atoms with Crippen molar-refractivity contribution in [2.24, 2.45) is 0 Å². The second-order valence-corrected chi connectivity index (χ2v) is 5.97. The van der Waals surface area contributed by atoms with Crippen LogP contribution in [0.15, 0.2) is 67.3 Å². The molecule has 0 saturated carbocycles. The standard InChI is InChI=1S/C20H12F3N3O/c21-20(22,23)15-5-1-3-12(7-15)18(27)17-11-26-19-16(17)8-14(10-25-19)13-4-2-6-24-9-13/h1-11H,(H,25,26). The molecular formula is C20H12F3N3O. The number of nitrogens with one attached hydrogen (secondary N) is 1.